The lowest BCUT2D eigenvalue weighted by Crippen LogP contribution is -2.17. The number of nitrogen functional groups attached to an aromatic ring is 1. The predicted molar refractivity (Wildman–Crippen MR) is 72.0 cm³/mol. The summed E-state index contributed by atoms with van der Waals surface area (Å²) in [5.74, 6) is 0.192. The van der Waals surface area contributed by atoms with Gasteiger partial charge in [0.2, 0.25) is 10.0 Å². The van der Waals surface area contributed by atoms with Gasteiger partial charge < -0.3 is 10.5 Å². The van der Waals surface area contributed by atoms with Crippen LogP contribution in [0.3, 0.4) is 0 Å². The Bertz CT molecular complexity index is 591. The Morgan fingerprint density at radius 1 is 1.37 bits per heavy atom. The zero-order valence-corrected chi connectivity index (χ0v) is 11.5. The molecule has 0 saturated carbocycles. The first-order valence-electron chi connectivity index (χ1n) is 5.90. The Morgan fingerprint density at radius 2 is 2.05 bits per heavy atom. The number of nitriles is 1. The maximum Gasteiger partial charge on any atom is 0.241 e. The summed E-state index contributed by atoms with van der Waals surface area (Å²) in [4.78, 5) is -0.372. The molecule has 0 heterocycles. The van der Waals surface area contributed by atoms with Gasteiger partial charge in [0.05, 0.1) is 12.3 Å². The molecule has 0 bridgehead atoms. The standard InChI is InChI=1S/C12H17N3O3S/c1-2-3-4-7-18-11-6-5-10(14)12(9(11)8-13)19(15,16)17/h5-6H,2-4,7,14H2,1H3,(H2,15,16,17). The van der Waals surface area contributed by atoms with Crippen LogP contribution >= 0.6 is 0 Å². The monoisotopic (exact) mass is 283 g/mol. The minimum absolute atomic E-state index is 0.0556. The van der Waals surface area contributed by atoms with Crippen molar-refractivity contribution in [2.24, 2.45) is 5.14 Å². The summed E-state index contributed by atoms with van der Waals surface area (Å²) in [6.45, 7) is 2.47. The third-order valence-electron chi connectivity index (χ3n) is 2.55. The molecule has 6 nitrogen and oxygen atoms in total. The van der Waals surface area contributed by atoms with Crippen LogP contribution in [-0.4, -0.2) is 15.0 Å². The second-order valence-corrected chi connectivity index (χ2v) is 5.57. The quantitative estimate of drug-likeness (QED) is 0.603. The van der Waals surface area contributed by atoms with E-state index in [1.54, 1.807) is 6.07 Å². The predicted octanol–water partition coefficient (Wildman–Crippen LogP) is 1.36. The minimum atomic E-state index is -4.06. The molecular weight excluding hydrogens is 266 g/mol. The summed E-state index contributed by atoms with van der Waals surface area (Å²) in [5.41, 5.74) is 5.37. The van der Waals surface area contributed by atoms with Gasteiger partial charge in [-0.25, -0.2) is 13.6 Å². The highest BCUT2D eigenvalue weighted by Gasteiger charge is 2.21. The van der Waals surface area contributed by atoms with E-state index in [0.29, 0.717) is 6.61 Å². The van der Waals surface area contributed by atoms with Crippen LogP contribution in [0.15, 0.2) is 17.0 Å². The molecule has 7 heteroatoms. The summed E-state index contributed by atoms with van der Waals surface area (Å²) in [6.07, 6.45) is 2.87. The van der Waals surface area contributed by atoms with E-state index in [4.69, 9.17) is 20.9 Å². The van der Waals surface area contributed by atoms with Crippen LogP contribution in [0.4, 0.5) is 5.69 Å². The number of benzene rings is 1. The van der Waals surface area contributed by atoms with Crippen LogP contribution in [0.25, 0.3) is 0 Å². The van der Waals surface area contributed by atoms with Crippen LogP contribution in [0.2, 0.25) is 0 Å². The Balaban J connectivity index is 3.11. The van der Waals surface area contributed by atoms with Gasteiger partial charge in [-0.15, -0.1) is 0 Å². The van der Waals surface area contributed by atoms with E-state index in [2.05, 4.69) is 6.92 Å². The molecule has 0 unspecified atom stereocenters. The lowest BCUT2D eigenvalue weighted by Gasteiger charge is -2.11. The SMILES string of the molecule is CCCCCOc1ccc(N)c(S(N)(=O)=O)c1C#N. The molecule has 0 fully saturated rings. The van der Waals surface area contributed by atoms with Crippen molar-refractivity contribution in [3.8, 4) is 11.8 Å². The number of hydrogen-bond donors (Lipinski definition) is 2. The molecule has 0 amide bonds. The van der Waals surface area contributed by atoms with E-state index >= 15 is 0 Å². The van der Waals surface area contributed by atoms with Crippen LogP contribution < -0.4 is 15.6 Å². The normalized spacial score (nSPS) is 11.0. The zero-order chi connectivity index (χ0) is 14.5. The molecule has 0 spiro atoms. The molecule has 1 aromatic carbocycles. The van der Waals surface area contributed by atoms with Gasteiger partial charge in [-0.05, 0) is 18.6 Å². The summed E-state index contributed by atoms with van der Waals surface area (Å²) >= 11 is 0. The highest BCUT2D eigenvalue weighted by atomic mass is 32.2. The lowest BCUT2D eigenvalue weighted by atomic mass is 10.2. The first kappa shape index (κ1) is 15.3. The van der Waals surface area contributed by atoms with Crippen LogP contribution in [0.1, 0.15) is 31.7 Å². The van der Waals surface area contributed by atoms with Gasteiger partial charge in [0.25, 0.3) is 0 Å². The van der Waals surface area contributed by atoms with Crippen LogP contribution in [0, 0.1) is 11.3 Å². The van der Waals surface area contributed by atoms with Gasteiger partial charge in [-0.2, -0.15) is 5.26 Å². The number of ether oxygens (including phenoxy) is 1. The third-order valence-corrected chi connectivity index (χ3v) is 3.56. The molecule has 104 valence electrons. The average molecular weight is 283 g/mol. The van der Waals surface area contributed by atoms with Gasteiger partial charge in [0, 0.05) is 0 Å². The van der Waals surface area contributed by atoms with E-state index in [1.807, 2.05) is 0 Å². The van der Waals surface area contributed by atoms with Crippen molar-refractivity contribution >= 4 is 15.7 Å². The highest BCUT2D eigenvalue weighted by Crippen LogP contribution is 2.29. The largest absolute Gasteiger partial charge is 0.492 e. The molecule has 0 saturated heterocycles. The van der Waals surface area contributed by atoms with Crippen molar-refractivity contribution in [2.75, 3.05) is 12.3 Å². The maximum atomic E-state index is 11.5. The Labute approximate surface area is 113 Å². The Hall–Kier alpha value is -1.78. The van der Waals surface area contributed by atoms with Crippen LogP contribution in [0.5, 0.6) is 5.75 Å². The number of primary sulfonamides is 1. The maximum absolute atomic E-state index is 11.5. The van der Waals surface area contributed by atoms with E-state index < -0.39 is 10.0 Å². The topological polar surface area (TPSA) is 119 Å². The second kappa shape index (κ2) is 6.41. The fraction of sp³-hybridized carbons (Fsp3) is 0.417. The Kier molecular flexibility index (Phi) is 5.15. The number of anilines is 1. The van der Waals surface area contributed by atoms with Gasteiger partial charge in [-0.3, -0.25) is 0 Å². The summed E-state index contributed by atoms with van der Waals surface area (Å²) in [7, 11) is -4.06. The summed E-state index contributed by atoms with van der Waals surface area (Å²) in [5, 5.41) is 14.1. The number of rotatable bonds is 6. The molecular formula is C12H17N3O3S. The van der Waals surface area contributed by atoms with Crippen molar-refractivity contribution in [1.82, 2.24) is 0 Å². The average Bonchev–Trinajstić information content (AvgIpc) is 2.34. The van der Waals surface area contributed by atoms with Gasteiger partial charge in [0.15, 0.2) is 0 Å². The molecule has 0 atom stereocenters. The van der Waals surface area contributed by atoms with Gasteiger partial charge in [-0.1, -0.05) is 19.8 Å². The smallest absolute Gasteiger partial charge is 0.241 e. The van der Waals surface area contributed by atoms with Crippen molar-refractivity contribution < 1.29 is 13.2 Å². The van der Waals surface area contributed by atoms with Crippen molar-refractivity contribution in [3.05, 3.63) is 17.7 Å². The third kappa shape index (κ3) is 3.84. The fourth-order valence-electron chi connectivity index (χ4n) is 1.65. The Morgan fingerprint density at radius 3 is 2.58 bits per heavy atom. The molecule has 0 radical (unpaired) electrons. The molecule has 1 rings (SSSR count). The number of nitrogens with two attached hydrogens (primary N) is 2. The second-order valence-electron chi connectivity index (χ2n) is 4.07. The van der Waals surface area contributed by atoms with E-state index in [1.165, 1.54) is 12.1 Å². The molecule has 0 aliphatic rings. The first-order chi connectivity index (χ1) is 8.91. The molecule has 0 aliphatic carbocycles. The van der Waals surface area contributed by atoms with Crippen LogP contribution in [-0.2, 0) is 10.0 Å². The molecule has 19 heavy (non-hydrogen) atoms. The molecule has 4 N–H and O–H groups in total. The zero-order valence-electron chi connectivity index (χ0n) is 10.7. The number of sulfonamides is 1. The summed E-state index contributed by atoms with van der Waals surface area (Å²) < 4.78 is 28.3. The molecule has 0 aromatic heterocycles. The minimum Gasteiger partial charge on any atom is -0.492 e. The number of unbranched alkanes of at least 4 members (excludes halogenated alkanes) is 2. The number of hydrogen-bond acceptors (Lipinski definition) is 5. The first-order valence-corrected chi connectivity index (χ1v) is 7.44. The van der Waals surface area contributed by atoms with Crippen molar-refractivity contribution in [1.29, 1.82) is 5.26 Å². The van der Waals surface area contributed by atoms with Crippen molar-refractivity contribution in [2.45, 2.75) is 31.1 Å². The number of nitrogens with zero attached hydrogens (tertiary/aromatic N) is 1. The van der Waals surface area contributed by atoms with Gasteiger partial charge in [0.1, 0.15) is 22.3 Å². The highest BCUT2D eigenvalue weighted by molar-refractivity contribution is 7.89. The van der Waals surface area contributed by atoms with E-state index in [-0.39, 0.29) is 21.9 Å². The van der Waals surface area contributed by atoms with Crippen molar-refractivity contribution in [3.63, 3.8) is 0 Å². The van der Waals surface area contributed by atoms with Gasteiger partial charge >= 0.3 is 0 Å². The fourth-order valence-corrected chi connectivity index (χ4v) is 2.47. The molecule has 1 aromatic rings. The summed E-state index contributed by atoms with van der Waals surface area (Å²) in [6, 6.07) is 4.64. The van der Waals surface area contributed by atoms with E-state index in [9.17, 15) is 8.42 Å². The van der Waals surface area contributed by atoms with E-state index in [0.717, 1.165) is 19.3 Å². The molecule has 0 aliphatic heterocycles. The lowest BCUT2D eigenvalue weighted by molar-refractivity contribution is 0.304.